The van der Waals surface area contributed by atoms with Crippen LogP contribution in [0.15, 0.2) is 53.5 Å². The minimum absolute atomic E-state index is 0. The summed E-state index contributed by atoms with van der Waals surface area (Å²) in [6.45, 7) is 3.93. The van der Waals surface area contributed by atoms with Crippen molar-refractivity contribution in [3.05, 3.63) is 70.8 Å². The highest BCUT2D eigenvalue weighted by Crippen LogP contribution is 2.06. The molecule has 8 heteroatoms. The van der Waals surface area contributed by atoms with Crippen molar-refractivity contribution in [2.75, 3.05) is 20.1 Å². The van der Waals surface area contributed by atoms with Crippen molar-refractivity contribution in [1.82, 2.24) is 16.0 Å². The first-order valence-corrected chi connectivity index (χ1v) is 9.25. The van der Waals surface area contributed by atoms with Crippen molar-refractivity contribution >= 4 is 41.8 Å². The van der Waals surface area contributed by atoms with Crippen LogP contribution in [-0.4, -0.2) is 37.9 Å². The van der Waals surface area contributed by atoms with Crippen LogP contribution in [0.2, 0.25) is 0 Å². The molecule has 0 atom stereocenters. The van der Waals surface area contributed by atoms with Crippen LogP contribution < -0.4 is 21.7 Å². The summed E-state index contributed by atoms with van der Waals surface area (Å²) in [5, 5.41) is 9.14. The lowest BCUT2D eigenvalue weighted by Crippen LogP contribution is -2.38. The summed E-state index contributed by atoms with van der Waals surface area (Å²) < 4.78 is 0. The van der Waals surface area contributed by atoms with Crippen LogP contribution in [0.1, 0.15) is 38.8 Å². The maximum Gasteiger partial charge on any atom is 0.251 e. The van der Waals surface area contributed by atoms with Crippen molar-refractivity contribution in [1.29, 1.82) is 0 Å². The second-order valence-electron chi connectivity index (χ2n) is 6.21. The van der Waals surface area contributed by atoms with Gasteiger partial charge in [-0.15, -0.1) is 24.0 Å². The quantitative estimate of drug-likeness (QED) is 0.248. The molecule has 0 aliphatic heterocycles. The van der Waals surface area contributed by atoms with E-state index in [0.717, 1.165) is 24.1 Å². The van der Waals surface area contributed by atoms with E-state index in [-0.39, 0.29) is 29.9 Å². The van der Waals surface area contributed by atoms with Crippen LogP contribution in [-0.2, 0) is 13.0 Å². The first-order chi connectivity index (χ1) is 13.5. The number of carbonyl (C=O) groups is 2. The van der Waals surface area contributed by atoms with Crippen LogP contribution in [0.5, 0.6) is 0 Å². The summed E-state index contributed by atoms with van der Waals surface area (Å²) in [5.74, 6) is 0.182. The predicted molar refractivity (Wildman–Crippen MR) is 127 cm³/mol. The minimum Gasteiger partial charge on any atom is -0.366 e. The Balaban J connectivity index is 0.00000420. The molecule has 0 aliphatic carbocycles. The lowest BCUT2D eigenvalue weighted by Gasteiger charge is -2.12. The molecule has 156 valence electrons. The van der Waals surface area contributed by atoms with Crippen molar-refractivity contribution in [2.45, 2.75) is 19.9 Å². The second-order valence-corrected chi connectivity index (χ2v) is 6.21. The Morgan fingerprint density at radius 2 is 1.72 bits per heavy atom. The van der Waals surface area contributed by atoms with E-state index < -0.39 is 5.91 Å². The van der Waals surface area contributed by atoms with Gasteiger partial charge in [0.1, 0.15) is 0 Å². The van der Waals surface area contributed by atoms with E-state index in [1.165, 1.54) is 0 Å². The Kier molecular flexibility index (Phi) is 10.7. The molecule has 0 saturated heterocycles. The zero-order valence-corrected chi connectivity index (χ0v) is 19.0. The topological polar surface area (TPSA) is 109 Å². The molecule has 2 amide bonds. The van der Waals surface area contributed by atoms with Crippen molar-refractivity contribution in [2.24, 2.45) is 10.7 Å². The average molecular weight is 509 g/mol. The summed E-state index contributed by atoms with van der Waals surface area (Å²) >= 11 is 0. The molecular weight excluding hydrogens is 481 g/mol. The number of aliphatic imine (C=N–C) groups is 1. The smallest absolute Gasteiger partial charge is 0.251 e. The van der Waals surface area contributed by atoms with Gasteiger partial charge in [-0.1, -0.05) is 24.3 Å². The molecule has 0 unspecified atom stereocenters. The van der Waals surface area contributed by atoms with Crippen molar-refractivity contribution < 1.29 is 9.59 Å². The summed E-state index contributed by atoms with van der Waals surface area (Å²) in [7, 11) is 1.62. The number of nitrogens with one attached hydrogen (secondary N) is 3. The Morgan fingerprint density at radius 3 is 2.34 bits per heavy atom. The fourth-order valence-electron chi connectivity index (χ4n) is 2.62. The molecule has 0 saturated carbocycles. The third-order valence-electron chi connectivity index (χ3n) is 4.12. The molecule has 0 fully saturated rings. The number of nitrogens with two attached hydrogens (primary N) is 1. The maximum atomic E-state index is 11.7. The van der Waals surface area contributed by atoms with Crippen molar-refractivity contribution in [3.63, 3.8) is 0 Å². The molecule has 0 heterocycles. The molecule has 2 aromatic carbocycles. The van der Waals surface area contributed by atoms with E-state index in [0.29, 0.717) is 30.2 Å². The number of rotatable bonds is 8. The van der Waals surface area contributed by atoms with Gasteiger partial charge in [-0.3, -0.25) is 9.59 Å². The maximum absolute atomic E-state index is 11.7. The molecule has 0 aromatic heterocycles. The molecule has 5 N–H and O–H groups in total. The fraction of sp³-hybridized carbons (Fsp3) is 0.286. The number of hydrogen-bond donors (Lipinski definition) is 4. The zero-order chi connectivity index (χ0) is 20.4. The molecule has 0 aliphatic rings. The molecule has 0 spiro atoms. The van der Waals surface area contributed by atoms with Gasteiger partial charge in [0.05, 0.1) is 6.54 Å². The van der Waals surface area contributed by atoms with Gasteiger partial charge < -0.3 is 21.7 Å². The number of amides is 2. The van der Waals surface area contributed by atoms with Gasteiger partial charge in [-0.05, 0) is 48.7 Å². The fourth-order valence-corrected chi connectivity index (χ4v) is 2.62. The standard InChI is InChI=1S/C21H27N5O2.HI/c1-3-24-21(26-14-16-7-9-17(10-8-16)19(22)27)25-12-11-15-5-4-6-18(13-15)20(28)23-2;/h4-10,13H,3,11-12,14H2,1-2H3,(H2,22,27)(H,23,28)(H2,24,25,26);1H. The first kappa shape index (κ1) is 24.4. The van der Waals surface area contributed by atoms with Gasteiger partial charge in [0, 0.05) is 31.3 Å². The Hall–Kier alpha value is -2.62. The van der Waals surface area contributed by atoms with Gasteiger partial charge in [0.15, 0.2) is 5.96 Å². The van der Waals surface area contributed by atoms with Crippen LogP contribution in [0.25, 0.3) is 0 Å². The highest BCUT2D eigenvalue weighted by Gasteiger charge is 2.04. The SMILES string of the molecule is CCNC(=NCc1ccc(C(N)=O)cc1)NCCc1cccc(C(=O)NC)c1.I. The molecule has 29 heavy (non-hydrogen) atoms. The van der Waals surface area contributed by atoms with Crippen molar-refractivity contribution in [3.8, 4) is 0 Å². The number of hydrogen-bond acceptors (Lipinski definition) is 3. The Morgan fingerprint density at radius 1 is 1.00 bits per heavy atom. The number of benzene rings is 2. The number of primary amides is 1. The molecule has 0 radical (unpaired) electrons. The number of halogens is 1. The molecule has 2 aromatic rings. The third-order valence-corrected chi connectivity index (χ3v) is 4.12. The number of carbonyl (C=O) groups excluding carboxylic acids is 2. The van der Waals surface area contributed by atoms with E-state index in [2.05, 4.69) is 20.9 Å². The van der Waals surface area contributed by atoms with Gasteiger partial charge in [-0.2, -0.15) is 0 Å². The molecule has 0 bridgehead atoms. The zero-order valence-electron chi connectivity index (χ0n) is 16.7. The number of nitrogens with zero attached hydrogens (tertiary/aromatic N) is 1. The monoisotopic (exact) mass is 509 g/mol. The largest absolute Gasteiger partial charge is 0.366 e. The van der Waals surface area contributed by atoms with Gasteiger partial charge in [0.2, 0.25) is 5.91 Å². The average Bonchev–Trinajstić information content (AvgIpc) is 2.72. The van der Waals surface area contributed by atoms with Crippen LogP contribution in [0.4, 0.5) is 0 Å². The Bertz CT molecular complexity index is 837. The molecular formula is C21H28IN5O2. The Labute approximate surface area is 188 Å². The predicted octanol–water partition coefficient (Wildman–Crippen LogP) is 2.06. The van der Waals surface area contributed by atoms with E-state index in [4.69, 9.17) is 5.73 Å². The summed E-state index contributed by atoms with van der Waals surface area (Å²) in [5.41, 5.74) is 8.45. The summed E-state index contributed by atoms with van der Waals surface area (Å²) in [6.07, 6.45) is 0.766. The lowest BCUT2D eigenvalue weighted by atomic mass is 10.1. The lowest BCUT2D eigenvalue weighted by molar-refractivity contribution is 0.0961. The van der Waals surface area contributed by atoms with Crippen LogP contribution >= 0.6 is 24.0 Å². The summed E-state index contributed by atoms with van der Waals surface area (Å²) in [4.78, 5) is 27.4. The number of guanidine groups is 1. The van der Waals surface area contributed by atoms with Crippen LogP contribution in [0, 0.1) is 0 Å². The normalized spacial score (nSPS) is 10.6. The minimum atomic E-state index is -0.439. The van der Waals surface area contributed by atoms with E-state index in [9.17, 15) is 9.59 Å². The summed E-state index contributed by atoms with van der Waals surface area (Å²) in [6, 6.07) is 14.7. The van der Waals surface area contributed by atoms with Crippen LogP contribution in [0.3, 0.4) is 0 Å². The molecule has 7 nitrogen and oxygen atoms in total. The van der Waals surface area contributed by atoms with Gasteiger partial charge in [-0.25, -0.2) is 4.99 Å². The second kappa shape index (κ2) is 12.8. The highest BCUT2D eigenvalue weighted by molar-refractivity contribution is 14.0. The van der Waals surface area contributed by atoms with E-state index in [1.54, 1.807) is 25.2 Å². The van der Waals surface area contributed by atoms with Gasteiger partial charge >= 0.3 is 0 Å². The van der Waals surface area contributed by atoms with E-state index in [1.807, 2.05) is 37.3 Å². The first-order valence-electron chi connectivity index (χ1n) is 9.25. The third kappa shape index (κ3) is 8.10. The van der Waals surface area contributed by atoms with Gasteiger partial charge in [0.25, 0.3) is 5.91 Å². The molecule has 2 rings (SSSR count). The highest BCUT2D eigenvalue weighted by atomic mass is 127. The van der Waals surface area contributed by atoms with E-state index >= 15 is 0 Å².